The molecular formula is C17H17BrN2O3. The monoisotopic (exact) mass is 376 g/mol. The lowest BCUT2D eigenvalue weighted by Crippen LogP contribution is -2.31. The van der Waals surface area contributed by atoms with Crippen LogP contribution in [0.15, 0.2) is 40.9 Å². The van der Waals surface area contributed by atoms with Crippen molar-refractivity contribution in [2.24, 2.45) is 0 Å². The number of carbonyl (C=O) groups is 1. The summed E-state index contributed by atoms with van der Waals surface area (Å²) < 4.78 is 11.6. The Kier molecular flexibility index (Phi) is 4.43. The summed E-state index contributed by atoms with van der Waals surface area (Å²) >= 11 is 3.46. The minimum Gasteiger partial charge on any atom is -0.454 e. The van der Waals surface area contributed by atoms with Crippen LogP contribution in [0.4, 0.5) is 11.4 Å². The molecule has 1 aliphatic heterocycles. The topological polar surface area (TPSA) is 59.6 Å². The molecule has 1 heterocycles. The van der Waals surface area contributed by atoms with E-state index in [0.29, 0.717) is 17.2 Å². The first-order valence-corrected chi connectivity index (χ1v) is 8.05. The lowest BCUT2D eigenvalue weighted by molar-refractivity contribution is -0.116. The van der Waals surface area contributed by atoms with Crippen LogP contribution in [-0.2, 0) is 4.79 Å². The van der Waals surface area contributed by atoms with E-state index in [1.165, 1.54) is 0 Å². The second kappa shape index (κ2) is 6.50. The molecule has 0 aromatic heterocycles. The molecule has 5 nitrogen and oxygen atoms in total. The van der Waals surface area contributed by atoms with Crippen LogP contribution >= 0.6 is 15.9 Å². The molecule has 0 saturated heterocycles. The van der Waals surface area contributed by atoms with Gasteiger partial charge in [-0.15, -0.1) is 0 Å². The first-order chi connectivity index (χ1) is 11.0. The Morgan fingerprint density at radius 1 is 1.13 bits per heavy atom. The largest absolute Gasteiger partial charge is 0.454 e. The molecular weight excluding hydrogens is 360 g/mol. The maximum atomic E-state index is 12.3. The molecule has 1 amide bonds. The minimum absolute atomic E-state index is 0.121. The highest BCUT2D eigenvalue weighted by molar-refractivity contribution is 9.10. The van der Waals surface area contributed by atoms with Gasteiger partial charge in [0.25, 0.3) is 0 Å². The summed E-state index contributed by atoms with van der Waals surface area (Å²) in [6.07, 6.45) is 0. The lowest BCUT2D eigenvalue weighted by Gasteiger charge is -2.16. The van der Waals surface area contributed by atoms with Crippen LogP contribution in [0.25, 0.3) is 0 Å². The Labute approximate surface area is 143 Å². The molecule has 0 saturated carbocycles. The zero-order chi connectivity index (χ0) is 16.4. The van der Waals surface area contributed by atoms with Crippen molar-refractivity contribution in [3.8, 4) is 11.5 Å². The van der Waals surface area contributed by atoms with E-state index < -0.39 is 0 Å². The number of nitrogens with one attached hydrogen (secondary N) is 2. The summed E-state index contributed by atoms with van der Waals surface area (Å²) in [5.41, 5.74) is 2.69. The Hall–Kier alpha value is -2.21. The SMILES string of the molecule is Cc1cc(NC(C)C(=O)Nc2ccc3c(c2)OCO3)ccc1Br. The van der Waals surface area contributed by atoms with Gasteiger partial charge in [-0.25, -0.2) is 0 Å². The summed E-state index contributed by atoms with van der Waals surface area (Å²) in [5, 5.41) is 6.06. The van der Waals surface area contributed by atoms with E-state index in [2.05, 4.69) is 26.6 Å². The molecule has 0 fully saturated rings. The number of carbonyl (C=O) groups excluding carboxylic acids is 1. The Morgan fingerprint density at radius 3 is 2.65 bits per heavy atom. The Morgan fingerprint density at radius 2 is 1.87 bits per heavy atom. The van der Waals surface area contributed by atoms with Crippen molar-refractivity contribution in [1.29, 1.82) is 0 Å². The fraction of sp³-hybridized carbons (Fsp3) is 0.235. The van der Waals surface area contributed by atoms with Crippen LogP contribution in [0.2, 0.25) is 0 Å². The number of benzene rings is 2. The number of aryl methyl sites for hydroxylation is 1. The molecule has 0 aliphatic carbocycles. The lowest BCUT2D eigenvalue weighted by atomic mass is 10.2. The predicted octanol–water partition coefficient (Wildman–Crippen LogP) is 3.93. The average Bonchev–Trinajstić information content (AvgIpc) is 2.98. The van der Waals surface area contributed by atoms with E-state index in [1.807, 2.05) is 32.0 Å². The van der Waals surface area contributed by atoms with Gasteiger partial charge in [0.05, 0.1) is 0 Å². The highest BCUT2D eigenvalue weighted by atomic mass is 79.9. The van der Waals surface area contributed by atoms with Gasteiger partial charge in [0, 0.05) is 21.9 Å². The maximum Gasteiger partial charge on any atom is 0.246 e. The van der Waals surface area contributed by atoms with Crippen LogP contribution in [0.1, 0.15) is 12.5 Å². The zero-order valence-electron chi connectivity index (χ0n) is 12.9. The van der Waals surface area contributed by atoms with Crippen molar-refractivity contribution < 1.29 is 14.3 Å². The van der Waals surface area contributed by atoms with E-state index >= 15 is 0 Å². The number of hydrogen-bond donors (Lipinski definition) is 2. The van der Waals surface area contributed by atoms with Gasteiger partial charge >= 0.3 is 0 Å². The highest BCUT2D eigenvalue weighted by Crippen LogP contribution is 2.34. The van der Waals surface area contributed by atoms with Crippen molar-refractivity contribution in [3.05, 3.63) is 46.4 Å². The van der Waals surface area contributed by atoms with Gasteiger partial charge < -0.3 is 20.1 Å². The number of amides is 1. The van der Waals surface area contributed by atoms with E-state index in [-0.39, 0.29) is 18.7 Å². The average molecular weight is 377 g/mol. The van der Waals surface area contributed by atoms with E-state index in [1.54, 1.807) is 18.2 Å². The first-order valence-electron chi connectivity index (χ1n) is 7.26. The van der Waals surface area contributed by atoms with Crippen molar-refractivity contribution >= 4 is 33.2 Å². The molecule has 120 valence electrons. The number of fused-ring (bicyclic) bond motifs is 1. The molecule has 1 atom stereocenters. The van der Waals surface area contributed by atoms with Gasteiger partial charge in [-0.05, 0) is 49.7 Å². The number of hydrogen-bond acceptors (Lipinski definition) is 4. The fourth-order valence-electron chi connectivity index (χ4n) is 2.27. The van der Waals surface area contributed by atoms with Crippen molar-refractivity contribution in [3.63, 3.8) is 0 Å². The van der Waals surface area contributed by atoms with Crippen LogP contribution in [0.3, 0.4) is 0 Å². The Bertz CT molecular complexity index is 749. The third-order valence-corrected chi connectivity index (χ3v) is 4.46. The quantitative estimate of drug-likeness (QED) is 0.848. The highest BCUT2D eigenvalue weighted by Gasteiger charge is 2.17. The van der Waals surface area contributed by atoms with Gasteiger partial charge in [-0.1, -0.05) is 15.9 Å². The van der Waals surface area contributed by atoms with Crippen LogP contribution in [-0.4, -0.2) is 18.7 Å². The van der Waals surface area contributed by atoms with Gasteiger partial charge in [0.1, 0.15) is 6.04 Å². The molecule has 0 spiro atoms. The van der Waals surface area contributed by atoms with E-state index in [0.717, 1.165) is 15.7 Å². The smallest absolute Gasteiger partial charge is 0.246 e. The second-order valence-corrected chi connectivity index (χ2v) is 6.24. The second-order valence-electron chi connectivity index (χ2n) is 5.39. The molecule has 2 N–H and O–H groups in total. The van der Waals surface area contributed by atoms with Crippen LogP contribution in [0.5, 0.6) is 11.5 Å². The zero-order valence-corrected chi connectivity index (χ0v) is 14.4. The third kappa shape index (κ3) is 3.59. The van der Waals surface area contributed by atoms with Gasteiger partial charge in [0.2, 0.25) is 12.7 Å². The summed E-state index contributed by atoms with van der Waals surface area (Å²) in [7, 11) is 0. The summed E-state index contributed by atoms with van der Waals surface area (Å²) in [6.45, 7) is 4.04. The molecule has 2 aromatic rings. The number of ether oxygens (including phenoxy) is 2. The number of anilines is 2. The van der Waals surface area contributed by atoms with E-state index in [4.69, 9.17) is 9.47 Å². The standard InChI is InChI=1S/C17H17BrN2O3/c1-10-7-12(3-5-14(10)18)19-11(2)17(21)20-13-4-6-15-16(8-13)23-9-22-15/h3-8,11,19H,9H2,1-2H3,(H,20,21). The summed E-state index contributed by atoms with van der Waals surface area (Å²) in [6, 6.07) is 10.9. The molecule has 1 aliphatic rings. The molecule has 0 bridgehead atoms. The predicted molar refractivity (Wildman–Crippen MR) is 93.2 cm³/mol. The van der Waals surface area contributed by atoms with Crippen molar-refractivity contribution in [2.75, 3.05) is 17.4 Å². The van der Waals surface area contributed by atoms with Crippen molar-refractivity contribution in [2.45, 2.75) is 19.9 Å². The summed E-state index contributed by atoms with van der Waals surface area (Å²) in [4.78, 5) is 12.3. The van der Waals surface area contributed by atoms with Crippen molar-refractivity contribution in [1.82, 2.24) is 0 Å². The molecule has 0 radical (unpaired) electrons. The van der Waals surface area contributed by atoms with Gasteiger partial charge in [0.15, 0.2) is 11.5 Å². The summed E-state index contributed by atoms with van der Waals surface area (Å²) in [5.74, 6) is 1.22. The normalized spacial score (nSPS) is 13.5. The number of rotatable bonds is 4. The number of halogens is 1. The molecule has 1 unspecified atom stereocenters. The maximum absolute atomic E-state index is 12.3. The minimum atomic E-state index is -0.374. The third-order valence-electron chi connectivity index (χ3n) is 3.57. The molecule has 23 heavy (non-hydrogen) atoms. The van der Waals surface area contributed by atoms with E-state index in [9.17, 15) is 4.79 Å². The molecule has 2 aromatic carbocycles. The first kappa shape index (κ1) is 15.7. The Balaban J connectivity index is 1.64. The molecule has 6 heteroatoms. The van der Waals surface area contributed by atoms with Gasteiger partial charge in [-0.3, -0.25) is 4.79 Å². The van der Waals surface area contributed by atoms with Gasteiger partial charge in [-0.2, -0.15) is 0 Å². The fourth-order valence-corrected chi connectivity index (χ4v) is 2.52. The molecule has 3 rings (SSSR count). The van der Waals surface area contributed by atoms with Crippen LogP contribution < -0.4 is 20.1 Å². The van der Waals surface area contributed by atoms with Crippen LogP contribution in [0, 0.1) is 6.92 Å².